The summed E-state index contributed by atoms with van der Waals surface area (Å²) in [5, 5.41) is 6.80. The van der Waals surface area contributed by atoms with E-state index in [0.29, 0.717) is 18.5 Å². The van der Waals surface area contributed by atoms with Crippen LogP contribution in [0.2, 0.25) is 0 Å². The highest BCUT2D eigenvalue weighted by Gasteiger charge is 2.31. The Balaban J connectivity index is 0.00000280. The van der Waals surface area contributed by atoms with Crippen LogP contribution >= 0.6 is 24.0 Å². The molecule has 2 atom stereocenters. The number of morpholine rings is 1. The van der Waals surface area contributed by atoms with Crippen LogP contribution in [-0.2, 0) is 15.9 Å². The quantitative estimate of drug-likeness (QED) is 0.336. The van der Waals surface area contributed by atoms with Gasteiger partial charge in [0.1, 0.15) is 5.82 Å². The third-order valence-electron chi connectivity index (χ3n) is 5.32. The van der Waals surface area contributed by atoms with E-state index in [1.165, 1.54) is 6.07 Å². The lowest BCUT2D eigenvalue weighted by Gasteiger charge is -2.37. The summed E-state index contributed by atoms with van der Waals surface area (Å²) in [6.07, 6.45) is 1.86. The van der Waals surface area contributed by atoms with Crippen molar-refractivity contribution in [2.24, 2.45) is 10.9 Å². The van der Waals surface area contributed by atoms with Crippen molar-refractivity contribution in [1.29, 1.82) is 0 Å². The molecule has 0 spiro atoms. The van der Waals surface area contributed by atoms with E-state index in [2.05, 4.69) is 20.5 Å². The number of nitrogens with one attached hydrogen (secondary N) is 2. The van der Waals surface area contributed by atoms with Gasteiger partial charge in [0, 0.05) is 51.8 Å². The Hall–Kier alpha value is -0.970. The molecule has 6 nitrogen and oxygen atoms in total. The largest absolute Gasteiger partial charge is 0.381 e. The van der Waals surface area contributed by atoms with Crippen LogP contribution in [-0.4, -0.2) is 76.6 Å². The first-order valence-electron chi connectivity index (χ1n) is 9.85. The van der Waals surface area contributed by atoms with Gasteiger partial charge in [-0.25, -0.2) is 4.39 Å². The van der Waals surface area contributed by atoms with Crippen LogP contribution in [0.25, 0.3) is 0 Å². The molecule has 0 aliphatic carbocycles. The predicted octanol–water partition coefficient (Wildman–Crippen LogP) is 1.89. The van der Waals surface area contributed by atoms with E-state index in [1.807, 2.05) is 6.07 Å². The van der Waals surface area contributed by atoms with E-state index in [9.17, 15) is 4.39 Å². The zero-order valence-corrected chi connectivity index (χ0v) is 18.9. The van der Waals surface area contributed by atoms with Gasteiger partial charge < -0.3 is 20.1 Å². The van der Waals surface area contributed by atoms with Crippen molar-refractivity contribution in [2.45, 2.75) is 18.9 Å². The minimum Gasteiger partial charge on any atom is -0.381 e. The van der Waals surface area contributed by atoms with Crippen molar-refractivity contribution in [2.75, 3.05) is 59.7 Å². The van der Waals surface area contributed by atoms with Crippen LogP contribution in [0.15, 0.2) is 29.3 Å². The summed E-state index contributed by atoms with van der Waals surface area (Å²) in [5.74, 6) is 1.13. The Morgan fingerprint density at radius 2 is 2.07 bits per heavy atom. The average molecular weight is 506 g/mol. The molecule has 2 aliphatic heterocycles. The molecule has 8 heteroatoms. The van der Waals surface area contributed by atoms with Crippen LogP contribution in [0.5, 0.6) is 0 Å². The van der Waals surface area contributed by atoms with Gasteiger partial charge in [-0.1, -0.05) is 12.1 Å². The van der Waals surface area contributed by atoms with E-state index in [4.69, 9.17) is 9.47 Å². The summed E-state index contributed by atoms with van der Waals surface area (Å²) in [5.41, 5.74) is 0.979. The van der Waals surface area contributed by atoms with E-state index >= 15 is 0 Å². The standard InChI is InChI=1S/C20H31FN4O2.HI/c1-22-20(23-7-5-16-3-2-4-18(21)13-16)24-14-19(17-6-10-27-15-17)25-8-11-26-12-9-25;/h2-4,13,17,19H,5-12,14-15H2,1H3,(H2,22,23,24);1H. The molecule has 0 aromatic heterocycles. The first-order valence-corrected chi connectivity index (χ1v) is 9.85. The second-order valence-corrected chi connectivity index (χ2v) is 7.10. The van der Waals surface area contributed by atoms with Crippen molar-refractivity contribution < 1.29 is 13.9 Å². The zero-order chi connectivity index (χ0) is 18.9. The smallest absolute Gasteiger partial charge is 0.191 e. The van der Waals surface area contributed by atoms with Crippen LogP contribution in [0.3, 0.4) is 0 Å². The predicted molar refractivity (Wildman–Crippen MR) is 120 cm³/mol. The summed E-state index contributed by atoms with van der Waals surface area (Å²) >= 11 is 0. The summed E-state index contributed by atoms with van der Waals surface area (Å²) in [7, 11) is 1.78. The second-order valence-electron chi connectivity index (χ2n) is 7.10. The molecular formula is C20H32FIN4O2. The van der Waals surface area contributed by atoms with Gasteiger partial charge in [0.15, 0.2) is 5.96 Å². The number of aliphatic imine (C=N–C) groups is 1. The van der Waals surface area contributed by atoms with Gasteiger partial charge >= 0.3 is 0 Å². The van der Waals surface area contributed by atoms with Crippen molar-refractivity contribution in [3.63, 3.8) is 0 Å². The molecule has 3 rings (SSSR count). The van der Waals surface area contributed by atoms with Crippen LogP contribution in [0, 0.1) is 11.7 Å². The summed E-state index contributed by atoms with van der Waals surface area (Å²) in [4.78, 5) is 6.84. The van der Waals surface area contributed by atoms with Crippen LogP contribution in [0.4, 0.5) is 4.39 Å². The molecule has 2 heterocycles. The fourth-order valence-corrected chi connectivity index (χ4v) is 3.80. The molecule has 2 N–H and O–H groups in total. The normalized spacial score (nSPS) is 21.8. The number of ether oxygens (including phenoxy) is 2. The van der Waals surface area contributed by atoms with Crippen LogP contribution < -0.4 is 10.6 Å². The lowest BCUT2D eigenvalue weighted by atomic mass is 9.97. The highest BCUT2D eigenvalue weighted by molar-refractivity contribution is 14.0. The first kappa shape index (κ1) is 23.3. The van der Waals surface area contributed by atoms with Crippen molar-refractivity contribution in [1.82, 2.24) is 15.5 Å². The van der Waals surface area contributed by atoms with Gasteiger partial charge in [0.05, 0.1) is 19.8 Å². The van der Waals surface area contributed by atoms with Crippen LogP contribution in [0.1, 0.15) is 12.0 Å². The number of hydrogen-bond acceptors (Lipinski definition) is 4. The molecule has 0 radical (unpaired) electrons. The van der Waals surface area contributed by atoms with Gasteiger partial charge in [-0.2, -0.15) is 0 Å². The average Bonchev–Trinajstić information content (AvgIpc) is 3.22. The third kappa shape index (κ3) is 7.13. The number of halogens is 2. The fourth-order valence-electron chi connectivity index (χ4n) is 3.80. The maximum atomic E-state index is 13.3. The lowest BCUT2D eigenvalue weighted by molar-refractivity contribution is 0.00247. The lowest BCUT2D eigenvalue weighted by Crippen LogP contribution is -2.53. The second kappa shape index (κ2) is 12.6. The summed E-state index contributed by atoms with van der Waals surface area (Å²) in [6.45, 7) is 6.74. The first-order chi connectivity index (χ1) is 13.3. The van der Waals surface area contributed by atoms with Crippen molar-refractivity contribution in [3.05, 3.63) is 35.6 Å². The Morgan fingerprint density at radius 3 is 2.75 bits per heavy atom. The van der Waals surface area contributed by atoms with Crippen molar-refractivity contribution in [3.8, 4) is 0 Å². The van der Waals surface area contributed by atoms with Gasteiger partial charge in [0.2, 0.25) is 0 Å². The topological polar surface area (TPSA) is 58.1 Å². The number of nitrogens with zero attached hydrogens (tertiary/aromatic N) is 2. The Bertz CT molecular complexity index is 608. The molecule has 2 unspecified atom stereocenters. The molecule has 2 saturated heterocycles. The SMILES string of the molecule is CN=C(NCCc1cccc(F)c1)NCC(C1CCOC1)N1CCOCC1.I. The molecule has 1 aromatic rings. The van der Waals surface area contributed by atoms with Gasteiger partial charge in [-0.3, -0.25) is 9.89 Å². The highest BCUT2D eigenvalue weighted by atomic mass is 127. The van der Waals surface area contributed by atoms with Gasteiger partial charge in [0.25, 0.3) is 0 Å². The molecule has 28 heavy (non-hydrogen) atoms. The summed E-state index contributed by atoms with van der Waals surface area (Å²) in [6, 6.07) is 7.14. The monoisotopic (exact) mass is 506 g/mol. The van der Waals surface area contributed by atoms with E-state index in [1.54, 1.807) is 19.2 Å². The summed E-state index contributed by atoms with van der Waals surface area (Å²) < 4.78 is 24.4. The third-order valence-corrected chi connectivity index (χ3v) is 5.32. The number of rotatable bonds is 7. The maximum absolute atomic E-state index is 13.3. The number of guanidine groups is 1. The van der Waals surface area contributed by atoms with E-state index in [0.717, 1.165) is 70.4 Å². The number of hydrogen-bond donors (Lipinski definition) is 2. The number of benzene rings is 1. The molecule has 2 aliphatic rings. The van der Waals surface area contributed by atoms with Crippen molar-refractivity contribution >= 4 is 29.9 Å². The van der Waals surface area contributed by atoms with Gasteiger partial charge in [-0.15, -0.1) is 24.0 Å². The molecule has 0 bridgehead atoms. The Kier molecular flexibility index (Phi) is 10.5. The molecule has 158 valence electrons. The van der Waals surface area contributed by atoms with E-state index < -0.39 is 0 Å². The van der Waals surface area contributed by atoms with E-state index in [-0.39, 0.29) is 29.8 Å². The minimum atomic E-state index is -0.192. The molecule has 1 aromatic carbocycles. The maximum Gasteiger partial charge on any atom is 0.191 e. The van der Waals surface area contributed by atoms with Gasteiger partial charge in [-0.05, 0) is 30.5 Å². The molecular weight excluding hydrogens is 474 g/mol. The highest BCUT2D eigenvalue weighted by Crippen LogP contribution is 2.21. The molecule has 0 saturated carbocycles. The zero-order valence-electron chi connectivity index (χ0n) is 16.5. The minimum absolute atomic E-state index is 0. The fraction of sp³-hybridized carbons (Fsp3) is 0.650. The Morgan fingerprint density at radius 1 is 1.25 bits per heavy atom. The molecule has 0 amide bonds. The molecule has 2 fully saturated rings. The Labute approximate surface area is 184 Å².